The first-order chi connectivity index (χ1) is 9.62. The topological polar surface area (TPSA) is 47.6 Å². The second-order valence-corrected chi connectivity index (χ2v) is 4.73. The highest BCUT2D eigenvalue weighted by atomic mass is 16.6. The summed E-state index contributed by atoms with van der Waals surface area (Å²) in [6, 6.07) is 8.04. The van der Waals surface area contributed by atoms with Crippen molar-refractivity contribution in [3.8, 4) is 5.75 Å². The van der Waals surface area contributed by atoms with Gasteiger partial charge in [0.15, 0.2) is 6.10 Å². The van der Waals surface area contributed by atoms with Crippen LogP contribution in [0, 0.1) is 0 Å². The summed E-state index contributed by atoms with van der Waals surface area (Å²) in [7, 11) is 1.91. The van der Waals surface area contributed by atoms with Gasteiger partial charge in [-0.25, -0.2) is 4.79 Å². The lowest BCUT2D eigenvalue weighted by Gasteiger charge is -2.18. The smallest absolute Gasteiger partial charge is 0.347 e. The fraction of sp³-hybridized carbons (Fsp3) is 0.562. The number of carbonyl (C=O) groups excluding carboxylic acids is 1. The Kier molecular flexibility index (Phi) is 7.09. The predicted molar refractivity (Wildman–Crippen MR) is 79.9 cm³/mol. The second-order valence-electron chi connectivity index (χ2n) is 4.73. The Balaban J connectivity index is 2.80. The monoisotopic (exact) mass is 279 g/mol. The summed E-state index contributed by atoms with van der Waals surface area (Å²) in [5, 5.41) is 3.18. The Morgan fingerprint density at radius 3 is 2.70 bits per heavy atom. The van der Waals surface area contributed by atoms with E-state index in [2.05, 4.69) is 12.2 Å². The zero-order chi connectivity index (χ0) is 15.0. The molecule has 0 saturated carbocycles. The summed E-state index contributed by atoms with van der Waals surface area (Å²) in [4.78, 5) is 11.9. The van der Waals surface area contributed by atoms with Gasteiger partial charge in [0, 0.05) is 6.04 Å². The number of hydrogen-bond donors (Lipinski definition) is 1. The van der Waals surface area contributed by atoms with Gasteiger partial charge < -0.3 is 14.8 Å². The summed E-state index contributed by atoms with van der Waals surface area (Å²) in [6.07, 6.45) is 1.00. The molecule has 0 aliphatic rings. The minimum absolute atomic E-state index is 0.241. The van der Waals surface area contributed by atoms with Crippen molar-refractivity contribution in [3.05, 3.63) is 29.8 Å². The second kappa shape index (κ2) is 8.59. The molecule has 20 heavy (non-hydrogen) atoms. The van der Waals surface area contributed by atoms with Gasteiger partial charge in [0.1, 0.15) is 5.75 Å². The lowest BCUT2D eigenvalue weighted by molar-refractivity contribution is -0.151. The van der Waals surface area contributed by atoms with Crippen LogP contribution < -0.4 is 10.1 Å². The quantitative estimate of drug-likeness (QED) is 0.743. The SMILES string of the molecule is CCCC(Oc1cccc(C(C)NC)c1)C(=O)OCC. The summed E-state index contributed by atoms with van der Waals surface area (Å²) in [5.41, 5.74) is 1.13. The lowest BCUT2D eigenvalue weighted by Crippen LogP contribution is -2.29. The predicted octanol–water partition coefficient (Wildman–Crippen LogP) is 3.08. The van der Waals surface area contributed by atoms with E-state index >= 15 is 0 Å². The van der Waals surface area contributed by atoms with Crippen molar-refractivity contribution in [2.45, 2.75) is 45.8 Å². The van der Waals surface area contributed by atoms with Crippen LogP contribution in [0.1, 0.15) is 45.2 Å². The molecule has 0 amide bonds. The molecule has 0 aliphatic carbocycles. The number of carbonyl (C=O) groups is 1. The zero-order valence-electron chi connectivity index (χ0n) is 12.8. The largest absolute Gasteiger partial charge is 0.479 e. The maximum atomic E-state index is 11.9. The Hall–Kier alpha value is -1.55. The van der Waals surface area contributed by atoms with Gasteiger partial charge in [0.2, 0.25) is 0 Å². The van der Waals surface area contributed by atoms with Crippen LogP contribution in [0.25, 0.3) is 0 Å². The van der Waals surface area contributed by atoms with Gasteiger partial charge in [-0.3, -0.25) is 0 Å². The van der Waals surface area contributed by atoms with E-state index < -0.39 is 6.10 Å². The Bertz CT molecular complexity index is 420. The molecule has 1 aromatic rings. The molecule has 0 saturated heterocycles. The van der Waals surface area contributed by atoms with Gasteiger partial charge in [0.05, 0.1) is 6.61 Å². The van der Waals surface area contributed by atoms with E-state index in [9.17, 15) is 4.79 Å². The summed E-state index contributed by atoms with van der Waals surface area (Å²) in [5.74, 6) is 0.414. The number of benzene rings is 1. The molecule has 0 aromatic heterocycles. The van der Waals surface area contributed by atoms with E-state index in [4.69, 9.17) is 9.47 Å². The van der Waals surface area contributed by atoms with Crippen molar-refractivity contribution >= 4 is 5.97 Å². The van der Waals surface area contributed by atoms with Crippen LogP contribution in [0.4, 0.5) is 0 Å². The molecule has 112 valence electrons. The molecular weight excluding hydrogens is 254 g/mol. The van der Waals surface area contributed by atoms with Gasteiger partial charge in [-0.2, -0.15) is 0 Å². The molecule has 0 fully saturated rings. The van der Waals surface area contributed by atoms with E-state index in [1.165, 1.54) is 0 Å². The van der Waals surface area contributed by atoms with E-state index in [0.29, 0.717) is 18.8 Å². The molecule has 4 heteroatoms. The first kappa shape index (κ1) is 16.5. The van der Waals surface area contributed by atoms with E-state index in [1.807, 2.05) is 38.2 Å². The molecule has 1 aromatic carbocycles. The molecule has 1 N–H and O–H groups in total. The van der Waals surface area contributed by atoms with E-state index in [0.717, 1.165) is 12.0 Å². The molecular formula is C16H25NO3. The summed E-state index contributed by atoms with van der Waals surface area (Å²) < 4.78 is 10.9. The fourth-order valence-electron chi connectivity index (χ4n) is 1.91. The maximum Gasteiger partial charge on any atom is 0.347 e. The number of nitrogens with one attached hydrogen (secondary N) is 1. The van der Waals surface area contributed by atoms with Gasteiger partial charge in [-0.15, -0.1) is 0 Å². The van der Waals surface area contributed by atoms with E-state index in [-0.39, 0.29) is 12.0 Å². The molecule has 0 aliphatic heterocycles. The van der Waals surface area contributed by atoms with Gasteiger partial charge in [0.25, 0.3) is 0 Å². The number of rotatable bonds is 8. The van der Waals surface area contributed by atoms with E-state index in [1.54, 1.807) is 6.92 Å². The van der Waals surface area contributed by atoms with Crippen molar-refractivity contribution in [2.24, 2.45) is 0 Å². The molecule has 0 bridgehead atoms. The van der Waals surface area contributed by atoms with Crippen molar-refractivity contribution in [1.82, 2.24) is 5.32 Å². The van der Waals surface area contributed by atoms with Crippen LogP contribution in [0.2, 0.25) is 0 Å². The molecule has 2 atom stereocenters. The molecule has 0 spiro atoms. The van der Waals surface area contributed by atoms with Crippen molar-refractivity contribution in [3.63, 3.8) is 0 Å². The van der Waals surface area contributed by atoms with Gasteiger partial charge in [-0.1, -0.05) is 25.5 Å². The highest BCUT2D eigenvalue weighted by Crippen LogP contribution is 2.21. The minimum Gasteiger partial charge on any atom is -0.479 e. The van der Waals surface area contributed by atoms with Crippen molar-refractivity contribution < 1.29 is 14.3 Å². The van der Waals surface area contributed by atoms with Gasteiger partial charge >= 0.3 is 5.97 Å². The Labute approximate surface area is 121 Å². The molecule has 2 unspecified atom stereocenters. The summed E-state index contributed by atoms with van der Waals surface area (Å²) >= 11 is 0. The average molecular weight is 279 g/mol. The molecule has 4 nitrogen and oxygen atoms in total. The van der Waals surface area contributed by atoms with Crippen molar-refractivity contribution in [2.75, 3.05) is 13.7 Å². The first-order valence-electron chi connectivity index (χ1n) is 7.22. The first-order valence-corrected chi connectivity index (χ1v) is 7.22. The van der Waals surface area contributed by atoms with Crippen LogP contribution in [0.5, 0.6) is 5.75 Å². The van der Waals surface area contributed by atoms with Crippen molar-refractivity contribution in [1.29, 1.82) is 0 Å². The Morgan fingerprint density at radius 2 is 2.10 bits per heavy atom. The van der Waals surface area contributed by atoms with Crippen LogP contribution in [-0.4, -0.2) is 25.7 Å². The minimum atomic E-state index is -0.528. The molecule has 0 heterocycles. The molecule has 1 rings (SSSR count). The van der Waals surface area contributed by atoms with Crippen LogP contribution in [0.15, 0.2) is 24.3 Å². The van der Waals surface area contributed by atoms with Crippen LogP contribution >= 0.6 is 0 Å². The Morgan fingerprint density at radius 1 is 1.35 bits per heavy atom. The third-order valence-electron chi connectivity index (χ3n) is 3.17. The number of ether oxygens (including phenoxy) is 2. The number of esters is 1. The van der Waals surface area contributed by atoms with Crippen LogP contribution in [0.3, 0.4) is 0 Å². The van der Waals surface area contributed by atoms with Crippen LogP contribution in [-0.2, 0) is 9.53 Å². The highest BCUT2D eigenvalue weighted by molar-refractivity contribution is 5.75. The average Bonchev–Trinajstić information content (AvgIpc) is 2.46. The zero-order valence-corrected chi connectivity index (χ0v) is 12.8. The van der Waals surface area contributed by atoms with Gasteiger partial charge in [-0.05, 0) is 45.0 Å². The summed E-state index contributed by atoms with van der Waals surface area (Å²) in [6.45, 7) is 6.28. The number of hydrogen-bond acceptors (Lipinski definition) is 4. The molecule has 0 radical (unpaired) electrons. The standard InChI is InChI=1S/C16H25NO3/c1-5-8-15(16(18)19-6-2)20-14-10-7-9-13(11-14)12(3)17-4/h7,9-12,15,17H,5-6,8H2,1-4H3. The third-order valence-corrected chi connectivity index (χ3v) is 3.17. The third kappa shape index (κ3) is 4.85. The normalized spacial score (nSPS) is 13.6. The maximum absolute atomic E-state index is 11.9. The fourth-order valence-corrected chi connectivity index (χ4v) is 1.91. The highest BCUT2D eigenvalue weighted by Gasteiger charge is 2.21. The lowest BCUT2D eigenvalue weighted by atomic mass is 10.1.